The van der Waals surface area contributed by atoms with Gasteiger partial charge in [-0.3, -0.25) is 14.4 Å². The van der Waals surface area contributed by atoms with E-state index in [9.17, 15) is 19.2 Å². The van der Waals surface area contributed by atoms with Crippen molar-refractivity contribution in [2.75, 3.05) is 0 Å². The molecule has 3 aliphatic heterocycles. The number of carbonyl (C=O) groups is 4. The van der Waals surface area contributed by atoms with Crippen molar-refractivity contribution in [3.8, 4) is 0 Å². The Balaban J connectivity index is 1.57. The summed E-state index contributed by atoms with van der Waals surface area (Å²) in [6.07, 6.45) is 1.72. The number of ether oxygens (including phenoxy) is 5. The number of hydrogen-bond donors (Lipinski definition) is 0. The van der Waals surface area contributed by atoms with Crippen LogP contribution in [0.3, 0.4) is 0 Å². The molecule has 2 saturated carbocycles. The van der Waals surface area contributed by atoms with Gasteiger partial charge in [0.15, 0.2) is 6.10 Å². The van der Waals surface area contributed by atoms with E-state index in [1.54, 1.807) is 18.6 Å². The van der Waals surface area contributed by atoms with Gasteiger partial charge < -0.3 is 28.1 Å². The number of fused-ring (bicyclic) bond motifs is 3. The van der Waals surface area contributed by atoms with Gasteiger partial charge in [-0.1, -0.05) is 20.8 Å². The number of epoxide rings is 1. The van der Waals surface area contributed by atoms with Crippen LogP contribution in [0.4, 0.5) is 0 Å². The number of carbonyl (C=O) groups excluding carboxylic acids is 4. The molecule has 1 aromatic heterocycles. The van der Waals surface area contributed by atoms with Crippen molar-refractivity contribution >= 4 is 23.9 Å². The van der Waals surface area contributed by atoms with Gasteiger partial charge in [0.1, 0.15) is 29.5 Å². The molecule has 6 rings (SSSR count). The number of hydrogen-bond acceptors (Lipinski definition) is 10. The zero-order chi connectivity index (χ0) is 29.0. The van der Waals surface area contributed by atoms with E-state index in [1.165, 1.54) is 13.8 Å². The van der Waals surface area contributed by atoms with Gasteiger partial charge >= 0.3 is 23.9 Å². The summed E-state index contributed by atoms with van der Waals surface area (Å²) in [5.74, 6) is -2.43. The molecule has 218 valence electrons. The Morgan fingerprint density at radius 3 is 2.25 bits per heavy atom. The van der Waals surface area contributed by atoms with Crippen LogP contribution < -0.4 is 0 Å². The van der Waals surface area contributed by atoms with Gasteiger partial charge in [-0.05, 0) is 45.1 Å². The van der Waals surface area contributed by atoms with Crippen LogP contribution in [0.2, 0.25) is 0 Å². The lowest BCUT2D eigenvalue weighted by atomic mass is 9.36. The molecular weight excluding hydrogens is 520 g/mol. The molecule has 0 bridgehead atoms. The Kier molecular flexibility index (Phi) is 5.69. The molecule has 1 spiro atoms. The number of furan rings is 1. The Labute approximate surface area is 233 Å². The van der Waals surface area contributed by atoms with Gasteiger partial charge in [0, 0.05) is 41.6 Å². The summed E-state index contributed by atoms with van der Waals surface area (Å²) in [6, 6.07) is 1.79. The maximum Gasteiger partial charge on any atom is 0.339 e. The molecule has 5 fully saturated rings. The molecule has 3 saturated heterocycles. The molecule has 2 aliphatic carbocycles. The van der Waals surface area contributed by atoms with Gasteiger partial charge in [-0.15, -0.1) is 0 Å². The van der Waals surface area contributed by atoms with E-state index >= 15 is 0 Å². The van der Waals surface area contributed by atoms with E-state index in [1.807, 2.05) is 20.8 Å². The maximum absolute atomic E-state index is 13.4. The number of cyclic esters (lactones) is 2. The largest absolute Gasteiger partial charge is 0.472 e. The van der Waals surface area contributed by atoms with Gasteiger partial charge in [-0.25, -0.2) is 4.79 Å². The third-order valence-electron chi connectivity index (χ3n) is 11.3. The molecule has 0 radical (unpaired) electrons. The molecular formula is C30H38O10. The van der Waals surface area contributed by atoms with Crippen molar-refractivity contribution in [2.24, 2.45) is 28.1 Å². The van der Waals surface area contributed by atoms with E-state index in [0.717, 1.165) is 5.56 Å². The van der Waals surface area contributed by atoms with Crippen LogP contribution in [0.1, 0.15) is 85.8 Å². The zero-order valence-electron chi connectivity index (χ0n) is 24.1. The lowest BCUT2D eigenvalue weighted by Crippen LogP contribution is -2.74. The van der Waals surface area contributed by atoms with E-state index in [2.05, 4.69) is 13.8 Å². The van der Waals surface area contributed by atoms with Crippen molar-refractivity contribution < 1.29 is 47.3 Å². The molecule has 0 aromatic carbocycles. The first-order valence-corrected chi connectivity index (χ1v) is 14.1. The fourth-order valence-corrected chi connectivity index (χ4v) is 9.88. The highest BCUT2D eigenvalue weighted by atomic mass is 16.7. The van der Waals surface area contributed by atoms with Crippen LogP contribution in [-0.4, -0.2) is 53.4 Å². The summed E-state index contributed by atoms with van der Waals surface area (Å²) >= 11 is 0. The molecule has 5 aliphatic rings. The van der Waals surface area contributed by atoms with E-state index < -0.39 is 75.7 Å². The molecule has 10 nitrogen and oxygen atoms in total. The Morgan fingerprint density at radius 1 is 0.950 bits per heavy atom. The average Bonchev–Trinajstić information content (AvgIpc) is 3.42. The van der Waals surface area contributed by atoms with Crippen LogP contribution in [0.5, 0.6) is 0 Å². The summed E-state index contributed by atoms with van der Waals surface area (Å²) in [7, 11) is 0. The average molecular weight is 559 g/mol. The number of esters is 4. The van der Waals surface area contributed by atoms with Crippen molar-refractivity contribution in [1.82, 2.24) is 0 Å². The van der Waals surface area contributed by atoms with Crippen LogP contribution >= 0.6 is 0 Å². The molecule has 0 unspecified atom stereocenters. The minimum absolute atomic E-state index is 0.0882. The standard InChI is InChI=1S/C30H38O10/c1-15(31)36-20-13-22(33)39-26(3,4)19-12-21(37-16(2)32)29(7)18(28(19,20)6)8-10-27(5)23(17-9-11-35-14-17)38-25(34)24-30(27,29)40-24/h9,11,14,18-21,23-24H,8,10,12-13H2,1-7H3/t18-,19+,20+,21+,23-,24-,27+,28-,29+,30-/m1/s1. The normalized spacial score (nSPS) is 46.7. The smallest absolute Gasteiger partial charge is 0.339 e. The Hall–Kier alpha value is -2.88. The lowest BCUT2D eigenvalue weighted by Gasteiger charge is -2.68. The summed E-state index contributed by atoms with van der Waals surface area (Å²) in [4.78, 5) is 51.5. The van der Waals surface area contributed by atoms with Crippen molar-refractivity contribution in [3.05, 3.63) is 24.2 Å². The Bertz CT molecular complexity index is 1270. The minimum atomic E-state index is -1.03. The van der Waals surface area contributed by atoms with Gasteiger partial charge in [0.2, 0.25) is 0 Å². The van der Waals surface area contributed by atoms with Crippen molar-refractivity contribution in [2.45, 2.75) is 110 Å². The molecule has 40 heavy (non-hydrogen) atoms. The van der Waals surface area contributed by atoms with Gasteiger partial charge in [0.25, 0.3) is 0 Å². The predicted molar refractivity (Wildman–Crippen MR) is 136 cm³/mol. The van der Waals surface area contributed by atoms with E-state index in [0.29, 0.717) is 19.3 Å². The van der Waals surface area contributed by atoms with Gasteiger partial charge in [-0.2, -0.15) is 0 Å². The molecule has 0 N–H and O–H groups in total. The van der Waals surface area contributed by atoms with E-state index in [4.69, 9.17) is 28.1 Å². The fraction of sp³-hybridized carbons (Fsp3) is 0.733. The summed E-state index contributed by atoms with van der Waals surface area (Å²) in [6.45, 7) is 12.6. The highest BCUT2D eigenvalue weighted by Crippen LogP contribution is 2.79. The van der Waals surface area contributed by atoms with E-state index in [-0.39, 0.29) is 18.3 Å². The molecule has 10 atom stereocenters. The maximum atomic E-state index is 13.4. The third kappa shape index (κ3) is 3.25. The summed E-state index contributed by atoms with van der Waals surface area (Å²) in [5, 5.41) is 0. The Morgan fingerprint density at radius 2 is 1.62 bits per heavy atom. The second kappa shape index (κ2) is 8.33. The van der Waals surface area contributed by atoms with Crippen LogP contribution in [-0.2, 0) is 42.9 Å². The predicted octanol–water partition coefficient (Wildman–Crippen LogP) is 4.05. The molecule has 4 heterocycles. The third-order valence-corrected chi connectivity index (χ3v) is 11.3. The first kappa shape index (κ1) is 27.3. The van der Waals surface area contributed by atoms with Crippen LogP contribution in [0.25, 0.3) is 0 Å². The summed E-state index contributed by atoms with van der Waals surface area (Å²) in [5.41, 5.74) is -3.57. The second-order valence-electron chi connectivity index (χ2n) is 13.5. The van der Waals surface area contributed by atoms with Gasteiger partial charge in [0.05, 0.1) is 18.9 Å². The highest BCUT2D eigenvalue weighted by Gasteiger charge is 2.89. The SMILES string of the molecule is CC(=O)O[C@H]1CC(=O)OC(C)(C)[C@@H]2C[C@H](OC(C)=O)[C@]3(C)[C@H](CC[C@@]4(C)[C@@H](c5ccoc5)OC(=O)[C@H]5O[C@@]534)[C@@]12C. The first-order valence-electron chi connectivity index (χ1n) is 14.1. The topological polar surface area (TPSA) is 131 Å². The minimum Gasteiger partial charge on any atom is -0.472 e. The first-order chi connectivity index (χ1) is 18.6. The lowest BCUT2D eigenvalue weighted by molar-refractivity contribution is -0.277. The molecule has 10 heteroatoms. The fourth-order valence-electron chi connectivity index (χ4n) is 9.88. The second-order valence-corrected chi connectivity index (χ2v) is 13.5. The van der Waals surface area contributed by atoms with Crippen molar-refractivity contribution in [1.29, 1.82) is 0 Å². The molecule has 1 aromatic rings. The highest BCUT2D eigenvalue weighted by molar-refractivity contribution is 5.82. The van der Waals surface area contributed by atoms with Crippen LogP contribution in [0.15, 0.2) is 23.0 Å². The number of rotatable bonds is 3. The quantitative estimate of drug-likeness (QED) is 0.304. The summed E-state index contributed by atoms with van der Waals surface area (Å²) < 4.78 is 36.0. The zero-order valence-corrected chi connectivity index (χ0v) is 24.1. The monoisotopic (exact) mass is 558 g/mol. The van der Waals surface area contributed by atoms with Crippen LogP contribution in [0, 0.1) is 28.1 Å². The molecule has 0 amide bonds. The van der Waals surface area contributed by atoms with Crippen molar-refractivity contribution in [3.63, 3.8) is 0 Å².